The van der Waals surface area contributed by atoms with E-state index >= 15 is 8.78 Å². The lowest BCUT2D eigenvalue weighted by molar-refractivity contribution is -0.138. The van der Waals surface area contributed by atoms with Gasteiger partial charge in [-0.2, -0.15) is 26.3 Å². The van der Waals surface area contributed by atoms with Crippen LogP contribution in [0.15, 0.2) is 85.2 Å². The maximum atomic E-state index is 15.4. The number of carbonyl (C=O) groups excluding carboxylic acids is 1. The Labute approximate surface area is 295 Å². The smallest absolute Gasteiger partial charge is 0.354 e. The fourth-order valence-electron chi connectivity index (χ4n) is 6.81. The highest BCUT2D eigenvalue weighted by atomic mass is 19.4. The lowest BCUT2D eigenvalue weighted by Crippen LogP contribution is -2.50. The molecule has 7 nitrogen and oxygen atoms in total. The number of hydrogen-bond acceptors (Lipinski definition) is 7. The molecule has 2 fully saturated rings. The van der Waals surface area contributed by atoms with E-state index in [9.17, 15) is 31.1 Å². The summed E-state index contributed by atoms with van der Waals surface area (Å²) in [7, 11) is 0. The summed E-state index contributed by atoms with van der Waals surface area (Å²) >= 11 is 0. The van der Waals surface area contributed by atoms with Crippen molar-refractivity contribution in [1.82, 2.24) is 19.8 Å². The molecule has 2 aliphatic heterocycles. The largest absolute Gasteiger partial charge is 0.416 e. The number of nitrogens with zero attached hydrogens (tertiary/aromatic N) is 6. The van der Waals surface area contributed by atoms with Gasteiger partial charge in [0.15, 0.2) is 5.78 Å². The van der Waals surface area contributed by atoms with Crippen LogP contribution >= 0.6 is 0 Å². The van der Waals surface area contributed by atoms with Gasteiger partial charge >= 0.3 is 12.4 Å². The lowest BCUT2D eigenvalue weighted by Gasteiger charge is -2.39. The van der Waals surface area contributed by atoms with Crippen molar-refractivity contribution in [3.8, 4) is 0 Å². The van der Waals surface area contributed by atoms with Crippen molar-refractivity contribution in [2.24, 2.45) is 0 Å². The lowest BCUT2D eigenvalue weighted by atomic mass is 9.82. The Morgan fingerprint density at radius 1 is 0.577 bits per heavy atom. The number of Topliss-reactive ketones (excluding diaryl/α,β-unsaturated/α-hetero) is 1. The Kier molecular flexibility index (Phi) is 11.1. The van der Waals surface area contributed by atoms with Crippen LogP contribution in [-0.4, -0.2) is 91.0 Å². The molecule has 0 amide bonds. The van der Waals surface area contributed by atoms with Crippen molar-refractivity contribution in [3.05, 3.63) is 119 Å². The third kappa shape index (κ3) is 8.69. The van der Waals surface area contributed by atoms with Gasteiger partial charge in [0.2, 0.25) is 0 Å². The normalized spacial score (nSPS) is 17.6. The number of ketones is 1. The van der Waals surface area contributed by atoms with E-state index in [-0.39, 0.29) is 35.9 Å². The second-order valence-corrected chi connectivity index (χ2v) is 12.9. The molecule has 2 saturated heterocycles. The Morgan fingerprint density at radius 2 is 0.942 bits per heavy atom. The number of alkyl halides is 6. The van der Waals surface area contributed by atoms with Crippen molar-refractivity contribution in [1.29, 1.82) is 0 Å². The SMILES string of the molecule is O=C(C(CN1CCN(c2cc(C(F)(F)F)ccn2)CC1)c1ccccc1F)C(CN1CCN(c2cc(C(F)(F)F)ccn2)CC1)c1ccccc1F. The third-order valence-corrected chi connectivity index (χ3v) is 9.67. The molecule has 2 unspecified atom stereocenters. The van der Waals surface area contributed by atoms with Crippen LogP contribution in [-0.2, 0) is 17.1 Å². The summed E-state index contributed by atoms with van der Waals surface area (Å²) in [4.78, 5) is 30.3. The molecule has 6 rings (SSSR count). The van der Waals surface area contributed by atoms with Gasteiger partial charge in [0.25, 0.3) is 0 Å². The van der Waals surface area contributed by atoms with Gasteiger partial charge in [0, 0.05) is 77.8 Å². The fourth-order valence-corrected chi connectivity index (χ4v) is 6.81. The fraction of sp³-hybridized carbons (Fsp3) is 0.378. The molecular formula is C37H36F8N6O. The van der Waals surface area contributed by atoms with Gasteiger partial charge in [-0.1, -0.05) is 36.4 Å². The zero-order chi connectivity index (χ0) is 37.0. The van der Waals surface area contributed by atoms with Crippen LogP contribution in [0.1, 0.15) is 34.1 Å². The standard InChI is InChI=1S/C37H36F8N6O/c38-31-7-3-1-5-27(31)29(23-48-13-17-50(18-14-48)33-21-25(9-11-46-33)36(40,41)42)35(52)30(28-6-2-4-8-32(28)39)24-49-15-19-51(20-16-49)34-22-26(10-12-47-34)37(43,44)45/h1-12,21-22,29-30H,13-20,23-24H2. The van der Waals surface area contributed by atoms with E-state index in [4.69, 9.17) is 0 Å². The van der Waals surface area contributed by atoms with Crippen LogP contribution < -0.4 is 9.80 Å². The summed E-state index contributed by atoms with van der Waals surface area (Å²) in [6, 6.07) is 15.6. The van der Waals surface area contributed by atoms with E-state index in [0.29, 0.717) is 52.4 Å². The Balaban J connectivity index is 1.20. The first kappa shape index (κ1) is 37.1. The van der Waals surface area contributed by atoms with Gasteiger partial charge in [-0.15, -0.1) is 0 Å². The molecule has 2 aliphatic rings. The zero-order valence-corrected chi connectivity index (χ0v) is 27.9. The minimum Gasteiger partial charge on any atom is -0.354 e. The quantitative estimate of drug-likeness (QED) is 0.165. The number of carbonyl (C=O) groups is 1. The highest BCUT2D eigenvalue weighted by Crippen LogP contribution is 2.34. The van der Waals surface area contributed by atoms with Gasteiger partial charge in [-0.3, -0.25) is 14.6 Å². The minimum absolute atomic E-state index is 0.0869. The summed E-state index contributed by atoms with van der Waals surface area (Å²) in [5.41, 5.74) is -1.32. The van der Waals surface area contributed by atoms with E-state index < -0.39 is 52.7 Å². The van der Waals surface area contributed by atoms with Crippen molar-refractivity contribution in [2.75, 3.05) is 75.2 Å². The summed E-state index contributed by atoms with van der Waals surface area (Å²) in [5, 5.41) is 0. The number of anilines is 2. The first-order chi connectivity index (χ1) is 24.8. The topological polar surface area (TPSA) is 55.8 Å². The number of aromatic nitrogens is 2. The maximum Gasteiger partial charge on any atom is 0.416 e. The third-order valence-electron chi connectivity index (χ3n) is 9.67. The van der Waals surface area contributed by atoms with Crippen LogP contribution in [0.5, 0.6) is 0 Å². The van der Waals surface area contributed by atoms with Crippen molar-refractivity contribution < 1.29 is 39.9 Å². The molecule has 2 aromatic carbocycles. The molecule has 2 atom stereocenters. The Morgan fingerprint density at radius 3 is 1.29 bits per heavy atom. The number of piperazine rings is 2. The van der Waals surface area contributed by atoms with E-state index in [1.165, 1.54) is 36.4 Å². The minimum atomic E-state index is -4.52. The number of benzene rings is 2. The van der Waals surface area contributed by atoms with Crippen molar-refractivity contribution >= 4 is 17.4 Å². The van der Waals surface area contributed by atoms with Crippen molar-refractivity contribution in [2.45, 2.75) is 24.2 Å². The van der Waals surface area contributed by atoms with Gasteiger partial charge in [-0.25, -0.2) is 18.7 Å². The number of pyridine rings is 2. The van der Waals surface area contributed by atoms with Gasteiger partial charge < -0.3 is 9.80 Å². The van der Waals surface area contributed by atoms with E-state index in [1.54, 1.807) is 21.9 Å². The Bertz CT molecular complexity index is 1710. The van der Waals surface area contributed by atoms with E-state index in [1.807, 2.05) is 9.80 Å². The molecular weight excluding hydrogens is 696 g/mol. The zero-order valence-electron chi connectivity index (χ0n) is 27.9. The molecule has 0 saturated carbocycles. The number of hydrogen-bond donors (Lipinski definition) is 0. The maximum absolute atomic E-state index is 15.4. The second-order valence-electron chi connectivity index (χ2n) is 12.9. The van der Waals surface area contributed by atoms with Gasteiger partial charge in [0.05, 0.1) is 23.0 Å². The van der Waals surface area contributed by atoms with E-state index in [0.717, 1.165) is 36.7 Å². The molecule has 15 heteroatoms. The molecule has 276 valence electrons. The molecule has 0 radical (unpaired) electrons. The summed E-state index contributed by atoms with van der Waals surface area (Å²) in [6.45, 7) is 2.84. The summed E-state index contributed by atoms with van der Waals surface area (Å²) < 4.78 is 111. The molecule has 2 aromatic heterocycles. The number of halogens is 8. The second kappa shape index (κ2) is 15.5. The van der Waals surface area contributed by atoms with Crippen LogP contribution in [0, 0.1) is 11.6 Å². The molecule has 0 aliphatic carbocycles. The highest BCUT2D eigenvalue weighted by molar-refractivity contribution is 5.92. The monoisotopic (exact) mass is 732 g/mol. The van der Waals surface area contributed by atoms with Crippen molar-refractivity contribution in [3.63, 3.8) is 0 Å². The first-order valence-corrected chi connectivity index (χ1v) is 16.8. The number of rotatable bonds is 10. The molecule has 4 aromatic rings. The molecule has 0 spiro atoms. The van der Waals surface area contributed by atoms with Crippen LogP contribution in [0.2, 0.25) is 0 Å². The summed E-state index contributed by atoms with van der Waals surface area (Å²) in [6.07, 6.45) is -6.81. The molecule has 4 heterocycles. The van der Waals surface area contributed by atoms with Crippen LogP contribution in [0.4, 0.5) is 46.8 Å². The highest BCUT2D eigenvalue weighted by Gasteiger charge is 2.37. The molecule has 0 N–H and O–H groups in total. The van der Waals surface area contributed by atoms with Crippen LogP contribution in [0.25, 0.3) is 0 Å². The van der Waals surface area contributed by atoms with Gasteiger partial charge in [0.1, 0.15) is 23.3 Å². The predicted octanol–water partition coefficient (Wildman–Crippen LogP) is 6.87. The predicted molar refractivity (Wildman–Crippen MR) is 179 cm³/mol. The summed E-state index contributed by atoms with van der Waals surface area (Å²) in [5.74, 6) is -3.26. The molecule has 52 heavy (non-hydrogen) atoms. The van der Waals surface area contributed by atoms with Gasteiger partial charge in [-0.05, 0) is 47.5 Å². The first-order valence-electron chi connectivity index (χ1n) is 16.8. The average molecular weight is 733 g/mol. The average Bonchev–Trinajstić information content (AvgIpc) is 3.13. The van der Waals surface area contributed by atoms with Crippen LogP contribution in [0.3, 0.4) is 0 Å². The molecule has 0 bridgehead atoms. The van der Waals surface area contributed by atoms with E-state index in [2.05, 4.69) is 9.97 Å². The Hall–Kier alpha value is -4.63.